The van der Waals surface area contributed by atoms with Gasteiger partial charge in [0, 0.05) is 11.0 Å². The van der Waals surface area contributed by atoms with Gasteiger partial charge >= 0.3 is 5.97 Å². The molecule has 0 unspecified atom stereocenters. The van der Waals surface area contributed by atoms with Crippen molar-refractivity contribution in [1.29, 1.82) is 0 Å². The average molecular weight is 229 g/mol. The second-order valence-corrected chi connectivity index (χ2v) is 3.59. The zero-order valence-corrected chi connectivity index (χ0v) is 9.14. The van der Waals surface area contributed by atoms with E-state index in [9.17, 15) is 4.79 Å². The highest BCUT2D eigenvalue weighted by Crippen LogP contribution is 2.22. The second kappa shape index (κ2) is 5.73. The van der Waals surface area contributed by atoms with Crippen molar-refractivity contribution in [3.8, 4) is 0 Å². The summed E-state index contributed by atoms with van der Waals surface area (Å²) in [5, 5.41) is 0. The maximum Gasteiger partial charge on any atom is 0.330 e. The summed E-state index contributed by atoms with van der Waals surface area (Å²) in [6, 6.07) is 7.54. The van der Waals surface area contributed by atoms with Crippen molar-refractivity contribution in [2.75, 3.05) is 7.11 Å². The van der Waals surface area contributed by atoms with Crippen molar-refractivity contribution in [2.45, 2.75) is 4.90 Å². The van der Waals surface area contributed by atoms with Crippen LogP contribution in [-0.2, 0) is 9.53 Å². The Balaban J connectivity index is 2.76. The fraction of sp³-hybridized carbons (Fsp3) is 0.100. The van der Waals surface area contributed by atoms with Gasteiger partial charge in [0.1, 0.15) is 0 Å². The van der Waals surface area contributed by atoms with Crippen molar-refractivity contribution < 1.29 is 9.53 Å². The Kier molecular flexibility index (Phi) is 4.56. The number of esters is 1. The summed E-state index contributed by atoms with van der Waals surface area (Å²) in [6.07, 6.45) is 3.06. The van der Waals surface area contributed by atoms with Crippen molar-refractivity contribution in [2.24, 2.45) is 0 Å². The van der Waals surface area contributed by atoms with Gasteiger partial charge in [-0.2, -0.15) is 0 Å². The monoisotopic (exact) mass is 228 g/mol. The van der Waals surface area contributed by atoms with E-state index in [1.54, 1.807) is 6.08 Å². The fourth-order valence-corrected chi connectivity index (χ4v) is 1.50. The summed E-state index contributed by atoms with van der Waals surface area (Å²) in [4.78, 5) is 11.7. The molecule has 1 aromatic rings. The van der Waals surface area contributed by atoms with Crippen LogP contribution in [-0.4, -0.2) is 13.1 Å². The summed E-state index contributed by atoms with van der Waals surface area (Å²) < 4.78 is 4.47. The average Bonchev–Trinajstić information content (AvgIpc) is 2.26. The zero-order valence-electron chi connectivity index (χ0n) is 7.57. The van der Waals surface area contributed by atoms with E-state index in [1.807, 2.05) is 24.3 Å². The Morgan fingerprint density at radius 3 is 3.00 bits per heavy atom. The molecule has 0 aliphatic heterocycles. The molecule has 0 amide bonds. The van der Waals surface area contributed by atoms with E-state index in [0.717, 1.165) is 21.4 Å². The van der Waals surface area contributed by atoms with E-state index in [2.05, 4.69) is 4.74 Å². The molecule has 0 radical (unpaired) electrons. The van der Waals surface area contributed by atoms with Gasteiger partial charge in [-0.05, 0) is 45.4 Å². The number of rotatable bonds is 3. The van der Waals surface area contributed by atoms with Crippen molar-refractivity contribution in [3.05, 3.63) is 35.9 Å². The number of benzene rings is 1. The lowest BCUT2D eigenvalue weighted by Crippen LogP contribution is -1.93. The SMILES string of the molecule is COC(=O)/C=C/c1cccc(SCl)c1. The minimum absolute atomic E-state index is 0.367. The summed E-state index contributed by atoms with van der Waals surface area (Å²) in [5.41, 5.74) is 0.918. The molecule has 0 spiro atoms. The quantitative estimate of drug-likeness (QED) is 0.587. The van der Waals surface area contributed by atoms with Crippen molar-refractivity contribution in [1.82, 2.24) is 0 Å². The number of halogens is 1. The van der Waals surface area contributed by atoms with Crippen LogP contribution in [0.5, 0.6) is 0 Å². The molecule has 4 heteroatoms. The summed E-state index contributed by atoms with van der Waals surface area (Å²) in [7, 11) is 8.08. The Bertz CT molecular complexity index is 350. The van der Waals surface area contributed by atoms with E-state index in [4.69, 9.17) is 10.7 Å². The van der Waals surface area contributed by atoms with E-state index < -0.39 is 0 Å². The number of methoxy groups -OCH3 is 1. The Hall–Kier alpha value is -0.930. The second-order valence-electron chi connectivity index (χ2n) is 2.51. The number of hydrogen-bond acceptors (Lipinski definition) is 3. The van der Waals surface area contributed by atoms with Crippen LogP contribution >= 0.6 is 21.7 Å². The van der Waals surface area contributed by atoms with Gasteiger partial charge in [0.15, 0.2) is 0 Å². The molecule has 0 bridgehead atoms. The molecule has 2 nitrogen and oxygen atoms in total. The predicted molar refractivity (Wildman–Crippen MR) is 59.2 cm³/mol. The molecule has 74 valence electrons. The molecule has 0 fully saturated rings. The molecule has 0 aliphatic rings. The number of hydrogen-bond donors (Lipinski definition) is 0. The molecule has 0 atom stereocenters. The Morgan fingerprint density at radius 2 is 2.36 bits per heavy atom. The molecule has 0 saturated carbocycles. The summed E-state index contributed by atoms with van der Waals surface area (Å²) in [6.45, 7) is 0. The van der Waals surface area contributed by atoms with Gasteiger partial charge in [-0.15, -0.1) is 0 Å². The van der Waals surface area contributed by atoms with Crippen molar-refractivity contribution in [3.63, 3.8) is 0 Å². The lowest BCUT2D eigenvalue weighted by atomic mass is 10.2. The Morgan fingerprint density at radius 1 is 1.57 bits per heavy atom. The molecular weight excluding hydrogens is 220 g/mol. The highest BCUT2D eigenvalue weighted by atomic mass is 35.7. The van der Waals surface area contributed by atoms with Gasteiger partial charge in [0.2, 0.25) is 0 Å². The molecule has 1 rings (SSSR count). The maximum atomic E-state index is 10.8. The third kappa shape index (κ3) is 3.44. The summed E-state index contributed by atoms with van der Waals surface area (Å²) in [5.74, 6) is -0.367. The number of carbonyl (C=O) groups is 1. The predicted octanol–water partition coefficient (Wildman–Crippen LogP) is 3.12. The van der Waals surface area contributed by atoms with Crippen LogP contribution in [0.25, 0.3) is 6.08 Å². The van der Waals surface area contributed by atoms with Crippen LogP contribution in [0.15, 0.2) is 35.2 Å². The molecule has 0 N–H and O–H groups in total. The lowest BCUT2D eigenvalue weighted by Gasteiger charge is -1.96. The maximum absolute atomic E-state index is 10.8. The smallest absolute Gasteiger partial charge is 0.330 e. The van der Waals surface area contributed by atoms with Gasteiger partial charge < -0.3 is 4.74 Å². The first-order valence-corrected chi connectivity index (χ1v) is 5.55. The standard InChI is InChI=1S/C10H9ClO2S/c1-13-10(12)6-5-8-3-2-4-9(7-8)14-11/h2-7H,1H3/b6-5+. The molecule has 0 aliphatic carbocycles. The Labute approximate surface area is 91.4 Å². The van der Waals surface area contributed by atoms with E-state index in [-0.39, 0.29) is 5.97 Å². The van der Waals surface area contributed by atoms with E-state index in [0.29, 0.717) is 0 Å². The van der Waals surface area contributed by atoms with Gasteiger partial charge in [0.25, 0.3) is 0 Å². The van der Waals surface area contributed by atoms with Crippen molar-refractivity contribution >= 4 is 33.7 Å². The molecule has 1 aromatic carbocycles. The topological polar surface area (TPSA) is 26.3 Å². The molecule has 0 aromatic heterocycles. The van der Waals surface area contributed by atoms with Gasteiger partial charge in [-0.1, -0.05) is 12.1 Å². The lowest BCUT2D eigenvalue weighted by molar-refractivity contribution is -0.134. The van der Waals surface area contributed by atoms with Crippen LogP contribution < -0.4 is 0 Å². The van der Waals surface area contributed by atoms with Crippen LogP contribution in [0.4, 0.5) is 0 Å². The first-order valence-electron chi connectivity index (χ1n) is 3.91. The highest BCUT2D eigenvalue weighted by Gasteiger charge is 1.94. The van der Waals surface area contributed by atoms with E-state index >= 15 is 0 Å². The first-order chi connectivity index (χ1) is 6.76. The van der Waals surface area contributed by atoms with Crippen LogP contribution in [0.1, 0.15) is 5.56 Å². The number of ether oxygens (including phenoxy) is 1. The normalized spacial score (nSPS) is 10.4. The molecule has 14 heavy (non-hydrogen) atoms. The van der Waals surface area contributed by atoms with Crippen LogP contribution in [0.3, 0.4) is 0 Å². The largest absolute Gasteiger partial charge is 0.466 e. The first kappa shape index (κ1) is 11.1. The van der Waals surface area contributed by atoms with Gasteiger partial charge in [-0.25, -0.2) is 4.79 Å². The van der Waals surface area contributed by atoms with Gasteiger partial charge in [-0.3, -0.25) is 0 Å². The van der Waals surface area contributed by atoms with Crippen LogP contribution in [0, 0.1) is 0 Å². The molecule has 0 heterocycles. The molecule has 0 saturated heterocycles. The third-order valence-corrected chi connectivity index (χ3v) is 2.53. The van der Waals surface area contributed by atoms with Crippen LogP contribution in [0.2, 0.25) is 0 Å². The molecular formula is C10H9ClO2S. The van der Waals surface area contributed by atoms with E-state index in [1.165, 1.54) is 13.2 Å². The van der Waals surface area contributed by atoms with Gasteiger partial charge in [0.05, 0.1) is 7.11 Å². The minimum Gasteiger partial charge on any atom is -0.466 e. The highest BCUT2D eigenvalue weighted by molar-refractivity contribution is 8.21. The number of carbonyl (C=O) groups excluding carboxylic acids is 1. The third-order valence-electron chi connectivity index (χ3n) is 1.56. The summed E-state index contributed by atoms with van der Waals surface area (Å²) >= 11 is 0. The zero-order chi connectivity index (χ0) is 10.4. The fourth-order valence-electron chi connectivity index (χ4n) is 0.899. The minimum atomic E-state index is -0.367.